The number of pyridine rings is 1. The van der Waals surface area contributed by atoms with Crippen molar-refractivity contribution in [3.63, 3.8) is 0 Å². The van der Waals surface area contributed by atoms with Crippen molar-refractivity contribution in [2.24, 2.45) is 11.8 Å². The van der Waals surface area contributed by atoms with Crippen molar-refractivity contribution in [1.29, 1.82) is 0 Å². The van der Waals surface area contributed by atoms with E-state index < -0.39 is 11.2 Å². The van der Waals surface area contributed by atoms with Crippen LogP contribution in [-0.4, -0.2) is 80.3 Å². The second-order valence-electron chi connectivity index (χ2n) is 18.8. The molecule has 4 N–H and O–H groups in total. The minimum atomic E-state index is -0.919. The van der Waals surface area contributed by atoms with Crippen LogP contribution in [0.2, 0.25) is 0 Å². The van der Waals surface area contributed by atoms with Gasteiger partial charge in [0.15, 0.2) is 22.9 Å². The predicted octanol–water partition coefficient (Wildman–Crippen LogP) is 10.00. The SMILES string of the molecule is Cc1cc(-c2cnc3c(NCC(C)(C)O)cc(Br)nn23)ccc1C(=O)CC1CC1.Cc1ccc(Oc2cc(NCC(C)(C)O)c3ncc(-c4ccc(C(=O)CC5CC5)c(C)c4)n3n2)cn1. The highest BCUT2D eigenvalue weighted by Crippen LogP contribution is 2.36. The van der Waals surface area contributed by atoms with E-state index in [0.29, 0.717) is 71.0 Å². The van der Waals surface area contributed by atoms with Crippen molar-refractivity contribution in [2.75, 3.05) is 23.7 Å². The zero-order valence-electron chi connectivity index (χ0n) is 37.9. The molecule has 15 heteroatoms. The van der Waals surface area contributed by atoms with Crippen LogP contribution in [0, 0.1) is 32.6 Å². The molecule has 2 saturated carbocycles. The molecule has 0 radical (unpaired) electrons. The third kappa shape index (κ3) is 11.4. The minimum Gasteiger partial charge on any atom is -0.436 e. The van der Waals surface area contributed by atoms with Crippen molar-refractivity contribution in [1.82, 2.24) is 34.2 Å². The van der Waals surface area contributed by atoms with E-state index in [1.165, 1.54) is 12.8 Å². The zero-order valence-corrected chi connectivity index (χ0v) is 39.5. The summed E-state index contributed by atoms with van der Waals surface area (Å²) in [4.78, 5) is 38.6. The molecule has 9 rings (SSSR count). The molecule has 338 valence electrons. The van der Waals surface area contributed by atoms with Crippen LogP contribution in [0.3, 0.4) is 0 Å². The number of anilines is 2. The van der Waals surface area contributed by atoms with E-state index in [9.17, 15) is 19.8 Å². The second-order valence-corrected chi connectivity index (χ2v) is 19.6. The Labute approximate surface area is 387 Å². The van der Waals surface area contributed by atoms with Crippen LogP contribution in [0.1, 0.15) is 104 Å². The molecule has 5 aromatic heterocycles. The van der Waals surface area contributed by atoms with Gasteiger partial charge in [-0.25, -0.2) is 19.0 Å². The van der Waals surface area contributed by atoms with Crippen molar-refractivity contribution < 1.29 is 24.5 Å². The first-order valence-electron chi connectivity index (χ1n) is 22.1. The van der Waals surface area contributed by atoms with Crippen LogP contribution in [0.25, 0.3) is 33.8 Å². The molecule has 0 amide bonds. The van der Waals surface area contributed by atoms with Gasteiger partial charge in [-0.2, -0.15) is 5.10 Å². The summed E-state index contributed by atoms with van der Waals surface area (Å²) in [7, 11) is 0. The van der Waals surface area contributed by atoms with Crippen molar-refractivity contribution >= 4 is 50.2 Å². The quantitative estimate of drug-likeness (QED) is 0.0675. The number of halogens is 1. The molecule has 0 spiro atoms. The Hall–Kier alpha value is -6.03. The van der Waals surface area contributed by atoms with Gasteiger partial charge in [0.2, 0.25) is 5.88 Å². The molecule has 65 heavy (non-hydrogen) atoms. The normalized spacial score (nSPS) is 14.0. The number of imidazole rings is 2. The first kappa shape index (κ1) is 45.5. The Morgan fingerprint density at radius 1 is 0.677 bits per heavy atom. The number of carbonyl (C=O) groups excluding carboxylic acids is 2. The van der Waals surface area contributed by atoms with E-state index >= 15 is 0 Å². The Bertz CT molecular complexity index is 2890. The molecule has 0 saturated heterocycles. The van der Waals surface area contributed by atoms with E-state index in [1.54, 1.807) is 61.4 Å². The Balaban J connectivity index is 0.000000181. The van der Waals surface area contributed by atoms with Gasteiger partial charge < -0.3 is 25.6 Å². The maximum atomic E-state index is 12.7. The molecule has 2 aliphatic rings. The van der Waals surface area contributed by atoms with Gasteiger partial charge in [0.25, 0.3) is 0 Å². The number of fused-ring (bicyclic) bond motifs is 2. The van der Waals surface area contributed by atoms with Gasteiger partial charge in [0.05, 0.1) is 52.6 Å². The van der Waals surface area contributed by atoms with Crippen molar-refractivity contribution in [3.8, 4) is 34.1 Å². The van der Waals surface area contributed by atoms with Gasteiger partial charge in [-0.05, 0) is 143 Å². The average molecular weight is 943 g/mol. The van der Waals surface area contributed by atoms with E-state index in [-0.39, 0.29) is 11.6 Å². The lowest BCUT2D eigenvalue weighted by molar-refractivity contribution is 0.0939. The van der Waals surface area contributed by atoms with Crippen molar-refractivity contribution in [2.45, 2.75) is 98.2 Å². The van der Waals surface area contributed by atoms with E-state index in [0.717, 1.165) is 69.0 Å². The molecule has 14 nitrogen and oxygen atoms in total. The van der Waals surface area contributed by atoms with Gasteiger partial charge in [-0.3, -0.25) is 14.6 Å². The highest BCUT2D eigenvalue weighted by Gasteiger charge is 2.27. The van der Waals surface area contributed by atoms with E-state index in [1.807, 2.05) is 75.4 Å². The van der Waals surface area contributed by atoms with Crippen LogP contribution >= 0.6 is 15.9 Å². The average Bonchev–Trinajstić information content (AvgIpc) is 4.16. The summed E-state index contributed by atoms with van der Waals surface area (Å²) >= 11 is 3.46. The van der Waals surface area contributed by atoms with Crippen LogP contribution < -0.4 is 15.4 Å². The molecule has 0 atom stereocenters. The molecular weight excluding hydrogens is 887 g/mol. The molecule has 2 fully saturated rings. The topological polar surface area (TPSA) is 181 Å². The second kappa shape index (κ2) is 18.5. The van der Waals surface area contributed by atoms with Gasteiger partial charge in [-0.15, -0.1) is 5.10 Å². The molecular formula is C50H56BrN9O5. The molecule has 2 aliphatic carbocycles. The maximum absolute atomic E-state index is 12.7. The number of nitrogens with zero attached hydrogens (tertiary/aromatic N) is 7. The fourth-order valence-electron chi connectivity index (χ4n) is 7.51. The highest BCUT2D eigenvalue weighted by atomic mass is 79.9. The highest BCUT2D eigenvalue weighted by molar-refractivity contribution is 9.10. The third-order valence-corrected chi connectivity index (χ3v) is 11.8. The summed E-state index contributed by atoms with van der Waals surface area (Å²) < 4.78 is 10.2. The summed E-state index contributed by atoms with van der Waals surface area (Å²) in [5.74, 6) is 2.50. The monoisotopic (exact) mass is 941 g/mol. The number of rotatable bonds is 16. The number of carbonyl (C=O) groups is 2. The molecule has 5 heterocycles. The molecule has 2 aromatic carbocycles. The smallest absolute Gasteiger partial charge is 0.239 e. The van der Waals surface area contributed by atoms with Crippen molar-refractivity contribution in [3.05, 3.63) is 112 Å². The Morgan fingerprint density at radius 2 is 1.17 bits per heavy atom. The number of benzene rings is 2. The van der Waals surface area contributed by atoms with Crippen LogP contribution in [0.15, 0.2) is 83.9 Å². The summed E-state index contributed by atoms with van der Waals surface area (Å²) in [5, 5.41) is 36.0. The van der Waals surface area contributed by atoms with E-state index in [4.69, 9.17) is 9.84 Å². The summed E-state index contributed by atoms with van der Waals surface area (Å²) in [6.07, 6.45) is 11.1. The number of aryl methyl sites for hydroxylation is 3. The summed E-state index contributed by atoms with van der Waals surface area (Å²) in [5.41, 5.74) is 8.84. The lowest BCUT2D eigenvalue weighted by Crippen LogP contribution is -2.29. The third-order valence-electron chi connectivity index (χ3n) is 11.4. The van der Waals surface area contributed by atoms with Crippen LogP contribution in [0.5, 0.6) is 11.6 Å². The molecule has 0 aliphatic heterocycles. The largest absolute Gasteiger partial charge is 0.436 e. The first-order chi connectivity index (χ1) is 30.9. The Kier molecular flexibility index (Phi) is 12.9. The number of Topliss-reactive ketones (excluding diaryl/α,β-unsaturated/α-hetero) is 2. The van der Waals surface area contributed by atoms with Gasteiger partial charge in [0, 0.05) is 59.9 Å². The van der Waals surface area contributed by atoms with Gasteiger partial charge in [-0.1, -0.05) is 24.3 Å². The van der Waals surface area contributed by atoms with Gasteiger partial charge in [0.1, 0.15) is 10.4 Å². The summed E-state index contributed by atoms with van der Waals surface area (Å²) in [6, 6.07) is 19.1. The molecule has 0 unspecified atom stereocenters. The standard InChI is InChI=1S/C28H31N5O3.C22H25BrN4O2/c1-17-11-20(8-10-22(17)25(34)12-19-6-7-19)24-15-30-27-23(31-16-28(3,4)35)13-26(32-33(24)27)36-21-9-5-18(2)29-14-21;1-13-8-15(6-7-16(13)19(28)9-14-4-5-14)18-11-24-21-17(25-12-22(2,3)29)10-20(23)26-27(18)21/h5,8-11,13-15,19,31,35H,6-7,12,16H2,1-4H3;6-8,10-11,14,25,29H,4-5,9,12H2,1-3H3. The Morgan fingerprint density at radius 3 is 1.62 bits per heavy atom. The fraction of sp³-hybridized carbons (Fsp3) is 0.380. The predicted molar refractivity (Wildman–Crippen MR) is 256 cm³/mol. The lowest BCUT2D eigenvalue weighted by Gasteiger charge is -2.19. The van der Waals surface area contributed by atoms with E-state index in [2.05, 4.69) is 46.6 Å². The number of aromatic nitrogens is 7. The van der Waals surface area contributed by atoms with Gasteiger partial charge >= 0.3 is 0 Å². The number of ether oxygens (including phenoxy) is 1. The molecule has 0 bridgehead atoms. The first-order valence-corrected chi connectivity index (χ1v) is 22.9. The number of hydrogen-bond donors (Lipinski definition) is 4. The lowest BCUT2D eigenvalue weighted by atomic mass is 9.98. The fourth-order valence-corrected chi connectivity index (χ4v) is 7.89. The molecule has 7 aromatic rings. The zero-order chi connectivity index (χ0) is 46.2. The minimum absolute atomic E-state index is 0.207. The number of hydrogen-bond acceptors (Lipinski definition) is 12. The number of ketones is 2. The van der Waals surface area contributed by atoms with Crippen LogP contribution in [-0.2, 0) is 0 Å². The van der Waals surface area contributed by atoms with Crippen LogP contribution in [0.4, 0.5) is 11.4 Å². The number of nitrogens with one attached hydrogen (secondary N) is 2. The maximum Gasteiger partial charge on any atom is 0.239 e. The number of aliphatic hydroxyl groups is 2. The summed E-state index contributed by atoms with van der Waals surface area (Å²) in [6.45, 7) is 13.5.